The molecule has 1 atom stereocenters. The van der Waals surface area contributed by atoms with Crippen molar-refractivity contribution in [3.8, 4) is 0 Å². The highest BCUT2D eigenvalue weighted by atomic mass is 35.5. The zero-order valence-electron chi connectivity index (χ0n) is 11.4. The second kappa shape index (κ2) is 9.20. The van der Waals surface area contributed by atoms with Gasteiger partial charge in [0.25, 0.3) is 0 Å². The topological polar surface area (TPSA) is 67.4 Å². The van der Waals surface area contributed by atoms with Gasteiger partial charge in [0.2, 0.25) is 0 Å². The van der Waals surface area contributed by atoms with Gasteiger partial charge in [-0.25, -0.2) is 9.59 Å². The Morgan fingerprint density at radius 1 is 1.30 bits per heavy atom. The number of hydrogen-bond donors (Lipinski definition) is 2. The second-order valence-electron chi connectivity index (χ2n) is 4.08. The molecule has 20 heavy (non-hydrogen) atoms. The minimum atomic E-state index is -0.715. The molecular formula is C14H19ClN2O3. The first kappa shape index (κ1) is 16.3. The normalized spacial score (nSPS) is 11.5. The molecule has 0 spiro atoms. The minimum absolute atomic E-state index is 0.273. The van der Waals surface area contributed by atoms with Crippen LogP contribution in [0.2, 0.25) is 0 Å². The fourth-order valence-electron chi connectivity index (χ4n) is 1.66. The van der Waals surface area contributed by atoms with Crippen molar-refractivity contribution in [3.05, 3.63) is 35.9 Å². The predicted octanol–water partition coefficient (Wildman–Crippen LogP) is 1.70. The smallest absolute Gasteiger partial charge is 0.329 e. The van der Waals surface area contributed by atoms with E-state index in [0.29, 0.717) is 18.8 Å². The molecule has 110 valence electrons. The van der Waals surface area contributed by atoms with Gasteiger partial charge in [0.1, 0.15) is 6.04 Å². The number of carbonyl (C=O) groups is 2. The van der Waals surface area contributed by atoms with E-state index < -0.39 is 18.0 Å². The maximum atomic E-state index is 11.9. The maximum Gasteiger partial charge on any atom is 0.329 e. The van der Waals surface area contributed by atoms with Crippen molar-refractivity contribution in [1.82, 2.24) is 10.6 Å². The van der Waals surface area contributed by atoms with E-state index in [1.165, 1.54) is 0 Å². The third kappa shape index (κ3) is 5.93. The number of esters is 1. The number of nitrogens with one attached hydrogen (secondary N) is 2. The molecule has 0 bridgehead atoms. The van der Waals surface area contributed by atoms with Crippen LogP contribution in [-0.2, 0) is 16.0 Å². The van der Waals surface area contributed by atoms with Gasteiger partial charge in [0.05, 0.1) is 6.61 Å². The molecule has 2 amide bonds. The Morgan fingerprint density at radius 2 is 2.00 bits per heavy atom. The summed E-state index contributed by atoms with van der Waals surface area (Å²) in [5, 5.41) is 5.16. The first-order valence-corrected chi connectivity index (χ1v) is 7.01. The number of hydrogen-bond acceptors (Lipinski definition) is 3. The first-order chi connectivity index (χ1) is 9.67. The van der Waals surface area contributed by atoms with Crippen molar-refractivity contribution in [2.24, 2.45) is 0 Å². The van der Waals surface area contributed by atoms with Crippen molar-refractivity contribution in [2.45, 2.75) is 19.4 Å². The number of rotatable bonds is 7. The summed E-state index contributed by atoms with van der Waals surface area (Å²) < 4.78 is 4.97. The van der Waals surface area contributed by atoms with E-state index in [9.17, 15) is 9.59 Å². The van der Waals surface area contributed by atoms with Crippen LogP contribution in [0.3, 0.4) is 0 Å². The van der Waals surface area contributed by atoms with Crippen LogP contribution in [0, 0.1) is 0 Å². The van der Waals surface area contributed by atoms with Gasteiger partial charge in [-0.1, -0.05) is 30.3 Å². The summed E-state index contributed by atoms with van der Waals surface area (Å²) in [5.74, 6) is -0.131. The highest BCUT2D eigenvalue weighted by Gasteiger charge is 2.22. The highest BCUT2D eigenvalue weighted by Crippen LogP contribution is 2.04. The third-order valence-electron chi connectivity index (χ3n) is 2.54. The zero-order chi connectivity index (χ0) is 14.8. The van der Waals surface area contributed by atoms with E-state index in [0.717, 1.165) is 5.56 Å². The Labute approximate surface area is 123 Å². The number of carbonyl (C=O) groups excluding carboxylic acids is 2. The van der Waals surface area contributed by atoms with Crippen LogP contribution in [0.15, 0.2) is 30.3 Å². The Bertz CT molecular complexity index is 426. The van der Waals surface area contributed by atoms with Gasteiger partial charge in [0.15, 0.2) is 0 Å². The summed E-state index contributed by atoms with van der Waals surface area (Å²) in [6, 6.07) is 8.29. The van der Waals surface area contributed by atoms with Gasteiger partial charge in [-0.15, -0.1) is 11.6 Å². The van der Waals surface area contributed by atoms with E-state index in [4.69, 9.17) is 16.3 Å². The molecule has 0 aliphatic carbocycles. The minimum Gasteiger partial charge on any atom is -0.464 e. The molecule has 1 aromatic rings. The van der Waals surface area contributed by atoms with Gasteiger partial charge in [-0.2, -0.15) is 0 Å². The van der Waals surface area contributed by atoms with E-state index in [1.807, 2.05) is 30.3 Å². The van der Waals surface area contributed by atoms with Gasteiger partial charge in [-0.05, 0) is 12.5 Å². The average Bonchev–Trinajstić information content (AvgIpc) is 2.46. The lowest BCUT2D eigenvalue weighted by Gasteiger charge is -2.17. The molecule has 5 nitrogen and oxygen atoms in total. The van der Waals surface area contributed by atoms with Crippen molar-refractivity contribution in [2.75, 3.05) is 19.0 Å². The van der Waals surface area contributed by atoms with Crippen molar-refractivity contribution >= 4 is 23.6 Å². The standard InChI is InChI=1S/C14H19ClN2O3/c1-2-20-13(18)12(17-14(19)16-9-8-15)10-11-6-4-3-5-7-11/h3-7,12H,2,8-10H2,1H3,(H2,16,17,19)/t12-/m0/s1. The quantitative estimate of drug-likeness (QED) is 0.595. The molecule has 0 aliphatic heterocycles. The van der Waals surface area contributed by atoms with Gasteiger partial charge in [-0.3, -0.25) is 0 Å². The Morgan fingerprint density at radius 3 is 2.60 bits per heavy atom. The molecule has 0 saturated heterocycles. The van der Waals surface area contributed by atoms with Crippen LogP contribution < -0.4 is 10.6 Å². The first-order valence-electron chi connectivity index (χ1n) is 6.48. The lowest BCUT2D eigenvalue weighted by Crippen LogP contribution is -2.48. The average molecular weight is 299 g/mol. The number of urea groups is 1. The van der Waals surface area contributed by atoms with Crippen LogP contribution in [0.5, 0.6) is 0 Å². The summed E-state index contributed by atoms with van der Waals surface area (Å²) in [6.45, 7) is 2.34. The predicted molar refractivity (Wildman–Crippen MR) is 77.8 cm³/mol. The molecule has 0 radical (unpaired) electrons. The van der Waals surface area contributed by atoms with E-state index in [2.05, 4.69) is 10.6 Å². The number of ether oxygens (including phenoxy) is 1. The molecular weight excluding hydrogens is 280 g/mol. The highest BCUT2D eigenvalue weighted by molar-refractivity contribution is 6.18. The van der Waals surface area contributed by atoms with Crippen molar-refractivity contribution in [1.29, 1.82) is 0 Å². The Kier molecular flexibility index (Phi) is 7.50. The second-order valence-corrected chi connectivity index (χ2v) is 4.46. The molecule has 1 aromatic carbocycles. The van der Waals surface area contributed by atoms with Crippen LogP contribution >= 0.6 is 11.6 Å². The fourth-order valence-corrected chi connectivity index (χ4v) is 1.75. The molecule has 0 heterocycles. The lowest BCUT2D eigenvalue weighted by molar-refractivity contribution is -0.145. The van der Waals surface area contributed by atoms with E-state index >= 15 is 0 Å². The van der Waals surface area contributed by atoms with Gasteiger partial charge < -0.3 is 15.4 Å². The van der Waals surface area contributed by atoms with Crippen LogP contribution in [0.1, 0.15) is 12.5 Å². The maximum absolute atomic E-state index is 11.9. The summed E-state index contributed by atoms with van der Waals surface area (Å²) in [5.41, 5.74) is 0.947. The SMILES string of the molecule is CCOC(=O)[C@H](Cc1ccccc1)NC(=O)NCCCl. The summed E-state index contributed by atoms with van der Waals surface area (Å²) in [7, 11) is 0. The summed E-state index contributed by atoms with van der Waals surface area (Å²) in [4.78, 5) is 23.5. The molecule has 2 N–H and O–H groups in total. The molecule has 6 heteroatoms. The molecule has 0 saturated carbocycles. The Balaban J connectivity index is 2.65. The number of alkyl halides is 1. The van der Waals surface area contributed by atoms with E-state index in [1.54, 1.807) is 6.92 Å². The van der Waals surface area contributed by atoms with Gasteiger partial charge >= 0.3 is 12.0 Å². The largest absolute Gasteiger partial charge is 0.464 e. The van der Waals surface area contributed by atoms with Crippen LogP contribution in [0.4, 0.5) is 4.79 Å². The molecule has 1 rings (SSSR count). The Hall–Kier alpha value is -1.75. The molecule has 0 fully saturated rings. The fraction of sp³-hybridized carbons (Fsp3) is 0.429. The summed E-state index contributed by atoms with van der Waals surface area (Å²) in [6.07, 6.45) is 0.383. The van der Waals surface area contributed by atoms with Crippen molar-refractivity contribution in [3.63, 3.8) is 0 Å². The number of benzene rings is 1. The third-order valence-corrected chi connectivity index (χ3v) is 2.73. The molecule has 0 aromatic heterocycles. The van der Waals surface area contributed by atoms with Gasteiger partial charge in [0, 0.05) is 18.8 Å². The molecule has 0 aliphatic rings. The molecule has 0 unspecified atom stereocenters. The lowest BCUT2D eigenvalue weighted by atomic mass is 10.1. The van der Waals surface area contributed by atoms with Crippen molar-refractivity contribution < 1.29 is 14.3 Å². The van der Waals surface area contributed by atoms with Crippen LogP contribution in [0.25, 0.3) is 0 Å². The van der Waals surface area contributed by atoms with Crippen LogP contribution in [-0.4, -0.2) is 37.1 Å². The number of amides is 2. The van der Waals surface area contributed by atoms with E-state index in [-0.39, 0.29) is 6.61 Å². The summed E-state index contributed by atoms with van der Waals surface area (Å²) >= 11 is 5.49. The zero-order valence-corrected chi connectivity index (χ0v) is 12.2. The number of halogens is 1. The monoisotopic (exact) mass is 298 g/mol.